The van der Waals surface area contributed by atoms with Crippen molar-refractivity contribution in [3.8, 4) is 0 Å². The molecule has 2 rings (SSSR count). The molecule has 0 atom stereocenters. The molecule has 2 aromatic carbocycles. The van der Waals surface area contributed by atoms with E-state index >= 15 is 0 Å². The lowest BCUT2D eigenvalue weighted by atomic mass is 10.2. The molecule has 0 saturated carbocycles. The van der Waals surface area contributed by atoms with Gasteiger partial charge in [-0.2, -0.15) is 0 Å². The maximum atomic E-state index is 13.5. The number of sulfonamides is 1. The van der Waals surface area contributed by atoms with Crippen LogP contribution in [0, 0.1) is 12.7 Å². The van der Waals surface area contributed by atoms with Gasteiger partial charge in [0.15, 0.2) is 0 Å². The number of halogens is 1. The molecule has 3 N–H and O–H groups in total. The van der Waals surface area contributed by atoms with Gasteiger partial charge in [-0.25, -0.2) is 22.3 Å². The number of nitrogens with one attached hydrogen (secondary N) is 3. The van der Waals surface area contributed by atoms with Gasteiger partial charge in [0.05, 0.1) is 4.90 Å². The van der Waals surface area contributed by atoms with Gasteiger partial charge >= 0.3 is 6.03 Å². The van der Waals surface area contributed by atoms with Gasteiger partial charge in [-0.3, -0.25) is 0 Å². The largest absolute Gasteiger partial charge is 0.334 e. The minimum Gasteiger partial charge on any atom is -0.334 e. The Kier molecular flexibility index (Phi) is 5.53. The van der Waals surface area contributed by atoms with Crippen molar-refractivity contribution >= 4 is 21.7 Å². The number of amides is 2. The Morgan fingerprint density at radius 2 is 1.88 bits per heavy atom. The molecule has 0 radical (unpaired) electrons. The topological polar surface area (TPSA) is 87.3 Å². The molecule has 0 fully saturated rings. The number of carbonyl (C=O) groups is 1. The summed E-state index contributed by atoms with van der Waals surface area (Å²) in [5, 5.41) is 5.10. The Morgan fingerprint density at radius 1 is 1.17 bits per heavy atom. The average Bonchev–Trinajstić information content (AvgIpc) is 2.56. The summed E-state index contributed by atoms with van der Waals surface area (Å²) in [6, 6.07) is 9.97. The molecule has 0 aromatic heterocycles. The van der Waals surface area contributed by atoms with Gasteiger partial charge in [0.1, 0.15) is 5.82 Å². The number of benzene rings is 2. The zero-order chi connectivity index (χ0) is 17.7. The minimum atomic E-state index is -3.61. The van der Waals surface area contributed by atoms with Crippen LogP contribution in [0.3, 0.4) is 0 Å². The molecule has 0 aliphatic rings. The molecular weight excluding hydrogens is 333 g/mol. The van der Waals surface area contributed by atoms with E-state index in [1.807, 2.05) is 0 Å². The van der Waals surface area contributed by atoms with E-state index < -0.39 is 21.9 Å². The first kappa shape index (κ1) is 17.9. The van der Waals surface area contributed by atoms with E-state index in [-0.39, 0.29) is 11.4 Å². The van der Waals surface area contributed by atoms with Crippen molar-refractivity contribution in [3.05, 3.63) is 59.4 Å². The van der Waals surface area contributed by atoms with Crippen LogP contribution in [-0.4, -0.2) is 21.5 Å². The fourth-order valence-corrected chi connectivity index (χ4v) is 2.76. The van der Waals surface area contributed by atoms with Crippen molar-refractivity contribution in [1.29, 1.82) is 0 Å². The molecule has 0 aliphatic heterocycles. The normalized spacial score (nSPS) is 11.1. The highest BCUT2D eigenvalue weighted by molar-refractivity contribution is 7.89. The molecule has 0 aliphatic carbocycles. The third-order valence-electron chi connectivity index (χ3n) is 3.43. The zero-order valence-corrected chi connectivity index (χ0v) is 14.1. The van der Waals surface area contributed by atoms with Gasteiger partial charge in [-0.15, -0.1) is 0 Å². The van der Waals surface area contributed by atoms with Gasteiger partial charge in [0, 0.05) is 17.8 Å². The third kappa shape index (κ3) is 4.30. The second-order valence-corrected chi connectivity index (χ2v) is 6.97. The van der Waals surface area contributed by atoms with E-state index in [1.54, 1.807) is 31.2 Å². The first-order valence-corrected chi connectivity index (χ1v) is 8.64. The molecular formula is C16H18FN3O3S. The van der Waals surface area contributed by atoms with Crippen molar-refractivity contribution in [2.45, 2.75) is 18.4 Å². The summed E-state index contributed by atoms with van der Waals surface area (Å²) < 4.78 is 39.4. The second-order valence-electron chi connectivity index (χ2n) is 5.08. The minimum absolute atomic E-state index is 0.0199. The van der Waals surface area contributed by atoms with Crippen LogP contribution in [0.4, 0.5) is 14.9 Å². The Labute approximate surface area is 140 Å². The predicted octanol–water partition coefficient (Wildman–Crippen LogP) is 2.36. The van der Waals surface area contributed by atoms with Crippen molar-refractivity contribution in [1.82, 2.24) is 10.0 Å². The lowest BCUT2D eigenvalue weighted by Gasteiger charge is -2.12. The molecule has 0 spiro atoms. The summed E-state index contributed by atoms with van der Waals surface area (Å²) in [5.74, 6) is -0.406. The third-order valence-corrected chi connectivity index (χ3v) is 4.85. The maximum absolute atomic E-state index is 13.5. The molecule has 128 valence electrons. The highest BCUT2D eigenvalue weighted by atomic mass is 32.2. The predicted molar refractivity (Wildman–Crippen MR) is 89.7 cm³/mol. The van der Waals surface area contributed by atoms with Crippen LogP contribution in [0.1, 0.15) is 11.1 Å². The van der Waals surface area contributed by atoms with Crippen molar-refractivity contribution in [3.63, 3.8) is 0 Å². The number of carbonyl (C=O) groups excluding carboxylic acids is 1. The summed E-state index contributed by atoms with van der Waals surface area (Å²) in [4.78, 5) is 12.0. The van der Waals surface area contributed by atoms with Gasteiger partial charge < -0.3 is 10.6 Å². The van der Waals surface area contributed by atoms with E-state index in [0.29, 0.717) is 16.8 Å². The maximum Gasteiger partial charge on any atom is 0.319 e. The van der Waals surface area contributed by atoms with Crippen LogP contribution < -0.4 is 15.4 Å². The highest BCUT2D eigenvalue weighted by Crippen LogP contribution is 2.20. The van der Waals surface area contributed by atoms with E-state index in [9.17, 15) is 17.6 Å². The summed E-state index contributed by atoms with van der Waals surface area (Å²) in [7, 11) is -2.30. The number of hydrogen-bond donors (Lipinski definition) is 3. The van der Waals surface area contributed by atoms with Gasteiger partial charge in [0.2, 0.25) is 10.0 Å². The molecule has 2 aromatic rings. The Morgan fingerprint density at radius 3 is 2.54 bits per heavy atom. The molecule has 6 nitrogen and oxygen atoms in total. The lowest BCUT2D eigenvalue weighted by molar-refractivity contribution is 0.251. The van der Waals surface area contributed by atoms with Crippen LogP contribution in [0.25, 0.3) is 0 Å². The molecule has 0 bridgehead atoms. The number of rotatable bonds is 5. The second kappa shape index (κ2) is 7.41. The zero-order valence-electron chi connectivity index (χ0n) is 13.3. The lowest BCUT2D eigenvalue weighted by Crippen LogP contribution is -2.29. The van der Waals surface area contributed by atoms with E-state index in [0.717, 1.165) is 0 Å². The highest BCUT2D eigenvalue weighted by Gasteiger charge is 2.14. The first-order valence-electron chi connectivity index (χ1n) is 7.16. The molecule has 2 amide bonds. The van der Waals surface area contributed by atoms with E-state index in [1.165, 1.54) is 25.2 Å². The van der Waals surface area contributed by atoms with Crippen molar-refractivity contribution < 1.29 is 17.6 Å². The Balaban J connectivity index is 2.09. The first-order chi connectivity index (χ1) is 11.3. The van der Waals surface area contributed by atoms with Crippen LogP contribution in [0.2, 0.25) is 0 Å². The summed E-state index contributed by atoms with van der Waals surface area (Å²) in [5.41, 5.74) is 1.42. The number of anilines is 1. The molecule has 24 heavy (non-hydrogen) atoms. The average molecular weight is 351 g/mol. The quantitative estimate of drug-likeness (QED) is 0.773. The number of hydrogen-bond acceptors (Lipinski definition) is 3. The van der Waals surface area contributed by atoms with Crippen molar-refractivity contribution in [2.24, 2.45) is 0 Å². The fourth-order valence-electron chi connectivity index (χ4n) is 2.00. The monoisotopic (exact) mass is 351 g/mol. The summed E-state index contributed by atoms with van der Waals surface area (Å²) >= 11 is 0. The number of urea groups is 1. The fraction of sp³-hybridized carbons (Fsp3) is 0.188. The van der Waals surface area contributed by atoms with Crippen LogP contribution in [0.5, 0.6) is 0 Å². The van der Waals surface area contributed by atoms with E-state index in [4.69, 9.17) is 0 Å². The Hall–Kier alpha value is -2.45. The van der Waals surface area contributed by atoms with Crippen molar-refractivity contribution in [2.75, 3.05) is 12.4 Å². The van der Waals surface area contributed by atoms with Gasteiger partial charge in [-0.05, 0) is 37.7 Å². The number of aryl methyl sites for hydroxylation is 1. The van der Waals surface area contributed by atoms with Crippen LogP contribution in [-0.2, 0) is 16.6 Å². The molecule has 8 heteroatoms. The van der Waals surface area contributed by atoms with Crippen LogP contribution >= 0.6 is 0 Å². The van der Waals surface area contributed by atoms with Gasteiger partial charge in [0.25, 0.3) is 0 Å². The smallest absolute Gasteiger partial charge is 0.319 e. The standard InChI is InChI=1S/C16H18FN3O3S/c1-11-7-8-13(24(22,23)18-2)9-15(11)20-16(21)19-10-12-5-3-4-6-14(12)17/h3-9,18H,10H2,1-2H3,(H2,19,20,21). The molecule has 0 heterocycles. The van der Waals surface area contributed by atoms with Gasteiger partial charge in [-0.1, -0.05) is 24.3 Å². The molecule has 0 saturated heterocycles. The summed E-state index contributed by atoms with van der Waals surface area (Å²) in [6.45, 7) is 1.76. The molecule has 0 unspecified atom stereocenters. The van der Waals surface area contributed by atoms with E-state index in [2.05, 4.69) is 15.4 Å². The SMILES string of the molecule is CNS(=O)(=O)c1ccc(C)c(NC(=O)NCc2ccccc2F)c1. The Bertz CT molecular complexity index is 853. The van der Waals surface area contributed by atoms with Crippen LogP contribution in [0.15, 0.2) is 47.4 Å². The summed E-state index contributed by atoms with van der Waals surface area (Å²) in [6.07, 6.45) is 0.